The van der Waals surface area contributed by atoms with Crippen LogP contribution in [0, 0.1) is 10.2 Å². The van der Waals surface area contributed by atoms with Gasteiger partial charge < -0.3 is 9.55 Å². The van der Waals surface area contributed by atoms with E-state index in [0.29, 0.717) is 9.79 Å². The number of hydrogen-bond acceptors (Lipinski definition) is 2. The number of aromatic amines is 1. The second kappa shape index (κ2) is 4.42. The molecule has 0 aliphatic carbocycles. The van der Waals surface area contributed by atoms with E-state index in [2.05, 4.69) is 30.7 Å². The third kappa shape index (κ3) is 2.53. The number of aromatic nitrogens is 3. The molecular formula is C12H16ClN3S. The normalized spacial score (nSPS) is 12.2. The minimum Gasteiger partial charge on any atom is -0.329 e. The molecule has 17 heavy (non-hydrogen) atoms. The first kappa shape index (κ1) is 12.6. The van der Waals surface area contributed by atoms with Crippen molar-refractivity contribution < 1.29 is 0 Å². The van der Waals surface area contributed by atoms with Crippen LogP contribution in [0.2, 0.25) is 5.02 Å². The Balaban J connectivity index is 2.54. The number of hydrogen-bond donors (Lipinski definition) is 1. The fourth-order valence-electron chi connectivity index (χ4n) is 1.70. The Kier molecular flexibility index (Phi) is 3.27. The third-order valence-electron chi connectivity index (χ3n) is 3.12. The lowest BCUT2D eigenvalue weighted by atomic mass is 9.90. The monoisotopic (exact) mass is 269 g/mol. The number of rotatable bonds is 3. The van der Waals surface area contributed by atoms with Gasteiger partial charge in [0.15, 0.2) is 10.4 Å². The van der Waals surface area contributed by atoms with Crippen LogP contribution >= 0.6 is 23.8 Å². The summed E-state index contributed by atoms with van der Waals surface area (Å²) >= 11 is 11.3. The van der Waals surface area contributed by atoms with Gasteiger partial charge in [0, 0.05) is 12.7 Å². The van der Waals surface area contributed by atoms with Crippen molar-refractivity contribution in [2.45, 2.75) is 33.7 Å². The molecule has 0 aliphatic rings. The number of nitrogens with one attached hydrogen (secondary N) is 1. The molecular weight excluding hydrogens is 254 g/mol. The summed E-state index contributed by atoms with van der Waals surface area (Å²) in [5.41, 5.74) is 1.98. The van der Waals surface area contributed by atoms with Gasteiger partial charge in [-0.2, -0.15) is 0 Å². The zero-order valence-electron chi connectivity index (χ0n) is 10.2. The molecule has 0 radical (unpaired) electrons. The molecule has 3 nitrogen and oxygen atoms in total. The lowest BCUT2D eigenvalue weighted by Crippen LogP contribution is -2.18. The van der Waals surface area contributed by atoms with Gasteiger partial charge in [0.25, 0.3) is 0 Å². The van der Waals surface area contributed by atoms with Crippen LogP contribution in [0.3, 0.4) is 0 Å². The Morgan fingerprint density at radius 1 is 1.53 bits per heavy atom. The van der Waals surface area contributed by atoms with E-state index in [1.807, 2.05) is 10.6 Å². The van der Waals surface area contributed by atoms with Crippen LogP contribution in [0.25, 0.3) is 11.2 Å². The minimum atomic E-state index is 0.203. The molecule has 0 unspecified atom stereocenters. The third-order valence-corrected chi connectivity index (χ3v) is 3.65. The second-order valence-electron chi connectivity index (χ2n) is 5.06. The number of pyridine rings is 1. The van der Waals surface area contributed by atoms with Crippen LogP contribution in [0.5, 0.6) is 0 Å². The summed E-state index contributed by atoms with van der Waals surface area (Å²) in [6, 6.07) is 1.86. The molecule has 0 saturated carbocycles. The van der Waals surface area contributed by atoms with Crippen molar-refractivity contribution in [2.24, 2.45) is 5.41 Å². The highest BCUT2D eigenvalue weighted by Gasteiger charge is 2.18. The number of imidazole rings is 1. The van der Waals surface area contributed by atoms with Crippen molar-refractivity contribution in [3.63, 3.8) is 0 Å². The van der Waals surface area contributed by atoms with Gasteiger partial charge in [0.1, 0.15) is 0 Å². The zero-order chi connectivity index (χ0) is 12.6. The molecule has 2 rings (SSSR count). The van der Waals surface area contributed by atoms with E-state index in [-0.39, 0.29) is 5.41 Å². The maximum atomic E-state index is 5.91. The van der Waals surface area contributed by atoms with Crippen molar-refractivity contribution in [1.82, 2.24) is 14.5 Å². The van der Waals surface area contributed by atoms with Crippen LogP contribution in [-0.4, -0.2) is 14.5 Å². The number of halogens is 1. The zero-order valence-corrected chi connectivity index (χ0v) is 11.8. The van der Waals surface area contributed by atoms with Gasteiger partial charge in [-0.3, -0.25) is 0 Å². The summed E-state index contributed by atoms with van der Waals surface area (Å²) in [6.45, 7) is 7.49. The van der Waals surface area contributed by atoms with Gasteiger partial charge >= 0.3 is 0 Å². The first-order chi connectivity index (χ1) is 7.93. The fourth-order valence-corrected chi connectivity index (χ4v) is 2.12. The van der Waals surface area contributed by atoms with Crippen LogP contribution in [0.1, 0.15) is 27.2 Å². The molecule has 2 heterocycles. The molecule has 92 valence electrons. The van der Waals surface area contributed by atoms with E-state index in [1.165, 1.54) is 0 Å². The fraction of sp³-hybridized carbons (Fsp3) is 0.500. The van der Waals surface area contributed by atoms with E-state index in [1.54, 1.807) is 6.20 Å². The smallest absolute Gasteiger partial charge is 0.179 e. The molecule has 0 fully saturated rings. The molecule has 0 amide bonds. The summed E-state index contributed by atoms with van der Waals surface area (Å²) in [5.74, 6) is 0. The molecule has 0 aliphatic heterocycles. The SMILES string of the molecule is CCC(C)(C)Cn1c(=S)[nH]c2cc(Cl)cnc21. The maximum Gasteiger partial charge on any atom is 0.179 e. The summed E-state index contributed by atoms with van der Waals surface area (Å²) in [6.07, 6.45) is 2.75. The van der Waals surface area contributed by atoms with Gasteiger partial charge in [0.2, 0.25) is 0 Å². The van der Waals surface area contributed by atoms with E-state index < -0.39 is 0 Å². The summed E-state index contributed by atoms with van der Waals surface area (Å²) in [5, 5.41) is 0.621. The molecule has 2 aromatic heterocycles. The van der Waals surface area contributed by atoms with Crippen molar-refractivity contribution in [3.05, 3.63) is 22.1 Å². The topological polar surface area (TPSA) is 33.6 Å². The van der Waals surface area contributed by atoms with Crippen molar-refractivity contribution in [1.29, 1.82) is 0 Å². The highest BCUT2D eigenvalue weighted by Crippen LogP contribution is 2.25. The average molecular weight is 270 g/mol. The van der Waals surface area contributed by atoms with Gasteiger partial charge in [0.05, 0.1) is 10.5 Å². The molecule has 0 aromatic carbocycles. The highest BCUT2D eigenvalue weighted by molar-refractivity contribution is 7.71. The molecule has 0 spiro atoms. The molecule has 2 aromatic rings. The molecule has 0 atom stereocenters. The van der Waals surface area contributed by atoms with Crippen LogP contribution in [0.15, 0.2) is 12.3 Å². The predicted octanol–water partition coefficient (Wildman–Crippen LogP) is 4.18. The summed E-state index contributed by atoms with van der Waals surface area (Å²) in [7, 11) is 0. The van der Waals surface area contributed by atoms with Gasteiger partial charge in [-0.1, -0.05) is 32.4 Å². The summed E-state index contributed by atoms with van der Waals surface area (Å²) in [4.78, 5) is 7.50. The summed E-state index contributed by atoms with van der Waals surface area (Å²) < 4.78 is 2.75. The van der Waals surface area contributed by atoms with Crippen molar-refractivity contribution >= 4 is 35.0 Å². The number of fused-ring (bicyclic) bond motifs is 1. The Bertz CT molecular complexity index is 597. The highest BCUT2D eigenvalue weighted by atomic mass is 35.5. The Morgan fingerprint density at radius 2 is 2.24 bits per heavy atom. The maximum absolute atomic E-state index is 5.91. The number of nitrogens with zero attached hydrogens (tertiary/aromatic N) is 2. The lowest BCUT2D eigenvalue weighted by Gasteiger charge is -2.23. The first-order valence-electron chi connectivity index (χ1n) is 5.67. The lowest BCUT2D eigenvalue weighted by molar-refractivity contribution is 0.296. The quantitative estimate of drug-likeness (QED) is 0.848. The van der Waals surface area contributed by atoms with Crippen LogP contribution < -0.4 is 0 Å². The standard InChI is InChI=1S/C12H16ClN3S/c1-4-12(2,3)7-16-10-9(15-11(16)17)5-8(13)6-14-10/h5-6H,4,7H2,1-3H3,(H,15,17). The van der Waals surface area contributed by atoms with Gasteiger partial charge in [-0.05, 0) is 30.1 Å². The molecule has 0 saturated heterocycles. The Morgan fingerprint density at radius 3 is 2.88 bits per heavy atom. The Labute approximate surface area is 111 Å². The van der Waals surface area contributed by atoms with Crippen LogP contribution in [0.4, 0.5) is 0 Å². The first-order valence-corrected chi connectivity index (χ1v) is 6.45. The van der Waals surface area contributed by atoms with Gasteiger partial charge in [-0.25, -0.2) is 4.98 Å². The molecule has 5 heteroatoms. The van der Waals surface area contributed by atoms with E-state index in [4.69, 9.17) is 23.8 Å². The minimum absolute atomic E-state index is 0.203. The van der Waals surface area contributed by atoms with E-state index >= 15 is 0 Å². The van der Waals surface area contributed by atoms with E-state index in [0.717, 1.165) is 24.1 Å². The molecule has 1 N–H and O–H groups in total. The largest absolute Gasteiger partial charge is 0.329 e. The van der Waals surface area contributed by atoms with E-state index in [9.17, 15) is 0 Å². The number of H-pyrrole nitrogens is 1. The average Bonchev–Trinajstić information content (AvgIpc) is 2.54. The van der Waals surface area contributed by atoms with Crippen molar-refractivity contribution in [3.8, 4) is 0 Å². The predicted molar refractivity (Wildman–Crippen MR) is 74.0 cm³/mol. The van der Waals surface area contributed by atoms with Gasteiger partial charge in [-0.15, -0.1) is 0 Å². The van der Waals surface area contributed by atoms with Crippen LogP contribution in [-0.2, 0) is 6.54 Å². The molecule has 0 bridgehead atoms. The Hall–Kier alpha value is -0.870. The second-order valence-corrected chi connectivity index (χ2v) is 5.88. The van der Waals surface area contributed by atoms with Crippen molar-refractivity contribution in [2.75, 3.05) is 0 Å².